The molecule has 2 rings (SSSR count). The topological polar surface area (TPSA) is 89.8 Å². The Labute approximate surface area is 126 Å². The van der Waals surface area contributed by atoms with Crippen molar-refractivity contribution in [1.82, 2.24) is 19.5 Å². The number of halogens is 2. The van der Waals surface area contributed by atoms with Crippen molar-refractivity contribution in [2.75, 3.05) is 4.72 Å². The molecule has 0 saturated carbocycles. The molecule has 0 aliphatic rings. The summed E-state index contributed by atoms with van der Waals surface area (Å²) in [5.41, 5.74) is 0. The van der Waals surface area contributed by atoms with Gasteiger partial charge in [-0.3, -0.25) is 4.72 Å². The number of aryl methyl sites for hydroxylation is 2. The van der Waals surface area contributed by atoms with Crippen LogP contribution in [0.1, 0.15) is 12.7 Å². The quantitative estimate of drug-likeness (QED) is 0.682. The minimum absolute atomic E-state index is 0.0151. The minimum atomic E-state index is -3.85. The summed E-state index contributed by atoms with van der Waals surface area (Å²) in [6.07, 6.45) is 1.45. The first-order valence-corrected chi connectivity index (χ1v) is 7.82. The van der Waals surface area contributed by atoms with Crippen LogP contribution in [0, 0.1) is 6.92 Å². The number of sulfonamides is 1. The van der Waals surface area contributed by atoms with Gasteiger partial charge in [0.05, 0.1) is 0 Å². The first-order valence-electron chi connectivity index (χ1n) is 5.58. The number of hydrogen-bond donors (Lipinski definition) is 1. The lowest BCUT2D eigenvalue weighted by atomic mass is 10.6. The molecule has 0 saturated heterocycles. The van der Waals surface area contributed by atoms with Gasteiger partial charge in [-0.25, -0.2) is 9.97 Å². The molecular weight excluding hydrogens is 325 g/mol. The number of aromatic nitrogens is 4. The van der Waals surface area contributed by atoms with Crippen LogP contribution in [0.3, 0.4) is 0 Å². The standard InChI is InChI=1S/C10H11Cl2N5O2S/c1-3-17-5-9(13-6(17)2)20(18,19)16-8-4-7(11)14-10(12)15-8/h4-5H,3H2,1-2H3,(H,14,15,16). The van der Waals surface area contributed by atoms with E-state index >= 15 is 0 Å². The van der Waals surface area contributed by atoms with Crippen LogP contribution in [0.2, 0.25) is 10.4 Å². The lowest BCUT2D eigenvalue weighted by Crippen LogP contribution is -2.14. The van der Waals surface area contributed by atoms with Crippen molar-refractivity contribution in [3.05, 3.63) is 28.5 Å². The van der Waals surface area contributed by atoms with Crippen LogP contribution >= 0.6 is 23.2 Å². The van der Waals surface area contributed by atoms with E-state index in [1.165, 1.54) is 12.3 Å². The maximum Gasteiger partial charge on any atom is 0.282 e. The fourth-order valence-corrected chi connectivity index (χ4v) is 2.97. The number of rotatable bonds is 4. The summed E-state index contributed by atoms with van der Waals surface area (Å²) in [5.74, 6) is 0.588. The third kappa shape index (κ3) is 3.20. The largest absolute Gasteiger partial charge is 0.334 e. The highest BCUT2D eigenvalue weighted by atomic mass is 35.5. The molecule has 0 spiro atoms. The SMILES string of the molecule is CCn1cc(S(=O)(=O)Nc2cc(Cl)nc(Cl)n2)nc1C. The number of nitrogens with zero attached hydrogens (tertiary/aromatic N) is 4. The van der Waals surface area contributed by atoms with Gasteiger partial charge in [0, 0.05) is 18.8 Å². The van der Waals surface area contributed by atoms with Crippen molar-refractivity contribution in [3.63, 3.8) is 0 Å². The molecule has 2 aromatic heterocycles. The van der Waals surface area contributed by atoms with Gasteiger partial charge in [-0.2, -0.15) is 13.4 Å². The molecule has 2 aromatic rings. The number of imidazole rings is 1. The fraction of sp³-hybridized carbons (Fsp3) is 0.300. The van der Waals surface area contributed by atoms with Gasteiger partial charge in [0.1, 0.15) is 16.8 Å². The lowest BCUT2D eigenvalue weighted by molar-refractivity contribution is 0.597. The third-order valence-corrected chi connectivity index (χ3v) is 4.06. The molecule has 0 aromatic carbocycles. The van der Waals surface area contributed by atoms with Gasteiger partial charge >= 0.3 is 0 Å². The van der Waals surface area contributed by atoms with E-state index in [4.69, 9.17) is 23.2 Å². The van der Waals surface area contributed by atoms with E-state index in [2.05, 4.69) is 19.7 Å². The van der Waals surface area contributed by atoms with E-state index in [1.54, 1.807) is 11.5 Å². The second-order valence-electron chi connectivity index (χ2n) is 3.86. The Balaban J connectivity index is 2.35. The zero-order valence-electron chi connectivity index (χ0n) is 10.6. The zero-order chi connectivity index (χ0) is 14.9. The van der Waals surface area contributed by atoms with Crippen LogP contribution in [-0.2, 0) is 16.6 Å². The molecule has 7 nitrogen and oxygen atoms in total. The van der Waals surface area contributed by atoms with E-state index in [0.29, 0.717) is 12.4 Å². The van der Waals surface area contributed by atoms with E-state index in [-0.39, 0.29) is 21.3 Å². The van der Waals surface area contributed by atoms with Crippen LogP contribution in [0.15, 0.2) is 17.3 Å². The Bertz CT molecular complexity index is 724. The number of nitrogens with one attached hydrogen (secondary N) is 1. The number of hydrogen-bond acceptors (Lipinski definition) is 5. The van der Waals surface area contributed by atoms with Crippen molar-refractivity contribution in [2.24, 2.45) is 0 Å². The Morgan fingerprint density at radius 2 is 2.00 bits per heavy atom. The fourth-order valence-electron chi connectivity index (χ4n) is 1.56. The predicted octanol–water partition coefficient (Wildman–Crippen LogP) is 2.11. The van der Waals surface area contributed by atoms with Gasteiger partial charge in [0.15, 0.2) is 5.03 Å². The van der Waals surface area contributed by atoms with Gasteiger partial charge in [0.2, 0.25) is 5.28 Å². The molecule has 2 heterocycles. The second-order valence-corrected chi connectivity index (χ2v) is 6.22. The highest BCUT2D eigenvalue weighted by Crippen LogP contribution is 2.18. The highest BCUT2D eigenvalue weighted by Gasteiger charge is 2.20. The smallest absolute Gasteiger partial charge is 0.282 e. The summed E-state index contributed by atoms with van der Waals surface area (Å²) >= 11 is 11.3. The lowest BCUT2D eigenvalue weighted by Gasteiger charge is -2.05. The summed E-state index contributed by atoms with van der Waals surface area (Å²) in [6.45, 7) is 4.24. The highest BCUT2D eigenvalue weighted by molar-refractivity contribution is 7.92. The second kappa shape index (κ2) is 5.55. The van der Waals surface area contributed by atoms with Crippen LogP contribution in [0.5, 0.6) is 0 Å². The maximum atomic E-state index is 12.2. The molecule has 20 heavy (non-hydrogen) atoms. The van der Waals surface area contributed by atoms with Crippen molar-refractivity contribution in [1.29, 1.82) is 0 Å². The van der Waals surface area contributed by atoms with E-state index in [0.717, 1.165) is 0 Å². The summed E-state index contributed by atoms with van der Waals surface area (Å²) in [6, 6.07) is 1.26. The van der Waals surface area contributed by atoms with Crippen molar-refractivity contribution in [3.8, 4) is 0 Å². The first-order chi connectivity index (χ1) is 9.31. The van der Waals surface area contributed by atoms with Crippen LogP contribution < -0.4 is 4.72 Å². The van der Waals surface area contributed by atoms with Crippen LogP contribution in [0.25, 0.3) is 0 Å². The van der Waals surface area contributed by atoms with Gasteiger partial charge < -0.3 is 4.57 Å². The molecule has 0 unspecified atom stereocenters. The maximum absolute atomic E-state index is 12.2. The van der Waals surface area contributed by atoms with E-state index in [1.807, 2.05) is 6.92 Å². The summed E-state index contributed by atoms with van der Waals surface area (Å²) in [4.78, 5) is 11.4. The zero-order valence-corrected chi connectivity index (χ0v) is 13.0. The van der Waals surface area contributed by atoms with Gasteiger partial charge in [0.25, 0.3) is 10.0 Å². The molecule has 1 N–H and O–H groups in total. The van der Waals surface area contributed by atoms with Crippen molar-refractivity contribution >= 4 is 39.0 Å². The third-order valence-electron chi connectivity index (χ3n) is 2.48. The molecule has 0 atom stereocenters. The molecule has 0 fully saturated rings. The normalized spacial score (nSPS) is 11.6. The number of anilines is 1. The molecular formula is C10H11Cl2N5O2S. The average Bonchev–Trinajstić information content (AvgIpc) is 2.69. The summed E-state index contributed by atoms with van der Waals surface area (Å²) in [7, 11) is -3.85. The Kier molecular flexibility index (Phi) is 4.17. The average molecular weight is 336 g/mol. The molecule has 0 amide bonds. The van der Waals surface area contributed by atoms with E-state index < -0.39 is 10.0 Å². The molecule has 0 aliphatic carbocycles. The molecule has 108 valence electrons. The van der Waals surface area contributed by atoms with Gasteiger partial charge in [-0.1, -0.05) is 11.6 Å². The molecule has 0 radical (unpaired) electrons. The van der Waals surface area contributed by atoms with Crippen molar-refractivity contribution in [2.45, 2.75) is 25.4 Å². The van der Waals surface area contributed by atoms with Crippen molar-refractivity contribution < 1.29 is 8.42 Å². The van der Waals surface area contributed by atoms with Gasteiger partial charge in [-0.15, -0.1) is 0 Å². The summed E-state index contributed by atoms with van der Waals surface area (Å²) in [5, 5.41) is -0.203. The molecule has 0 bridgehead atoms. The Morgan fingerprint density at radius 1 is 1.30 bits per heavy atom. The first kappa shape index (κ1) is 15.0. The Hall–Kier alpha value is -1.38. The van der Waals surface area contributed by atoms with E-state index in [9.17, 15) is 8.42 Å². The monoisotopic (exact) mass is 335 g/mol. The summed E-state index contributed by atoms with van der Waals surface area (Å²) < 4.78 is 28.3. The van der Waals surface area contributed by atoms with Crippen LogP contribution in [-0.4, -0.2) is 27.9 Å². The minimum Gasteiger partial charge on any atom is -0.334 e. The predicted molar refractivity (Wildman–Crippen MR) is 75.5 cm³/mol. The molecule has 10 heteroatoms. The van der Waals surface area contributed by atoms with Crippen LogP contribution in [0.4, 0.5) is 5.82 Å². The molecule has 0 aliphatic heterocycles. The van der Waals surface area contributed by atoms with Gasteiger partial charge in [-0.05, 0) is 25.4 Å². The Morgan fingerprint density at radius 3 is 2.55 bits per heavy atom.